The molecule has 6 nitrogen and oxygen atoms in total. The number of amidine groups is 1. The van der Waals surface area contributed by atoms with Crippen LogP contribution in [0.4, 0.5) is 4.39 Å². The molecule has 1 aliphatic heterocycles. The maximum atomic E-state index is 14.9. The van der Waals surface area contributed by atoms with Crippen LogP contribution in [0.3, 0.4) is 0 Å². The molecule has 34 heavy (non-hydrogen) atoms. The SMILES string of the molecule is C=C/C=C(\C1=C(C)NC(c2n[nH]c3cc(F)c(-c4cnccc4C)cc23)=NC1)c1ccncc1. The van der Waals surface area contributed by atoms with Crippen molar-refractivity contribution in [3.8, 4) is 11.1 Å². The number of hydrogen-bond donors (Lipinski definition) is 2. The van der Waals surface area contributed by atoms with Crippen LogP contribution in [0, 0.1) is 12.7 Å². The Morgan fingerprint density at radius 1 is 1.06 bits per heavy atom. The molecule has 1 aliphatic rings. The van der Waals surface area contributed by atoms with Crippen LogP contribution in [-0.2, 0) is 0 Å². The number of allylic oxidation sites excluding steroid dienone is 3. The molecule has 0 bridgehead atoms. The van der Waals surface area contributed by atoms with Gasteiger partial charge in [0.15, 0.2) is 5.84 Å². The summed E-state index contributed by atoms with van der Waals surface area (Å²) in [5.41, 5.74) is 7.56. The summed E-state index contributed by atoms with van der Waals surface area (Å²) in [6.07, 6.45) is 10.7. The van der Waals surface area contributed by atoms with Crippen molar-refractivity contribution in [2.45, 2.75) is 13.8 Å². The number of rotatable bonds is 5. The first-order valence-electron chi connectivity index (χ1n) is 10.9. The van der Waals surface area contributed by atoms with E-state index >= 15 is 0 Å². The average Bonchev–Trinajstić information content (AvgIpc) is 3.26. The summed E-state index contributed by atoms with van der Waals surface area (Å²) in [5.74, 6) is 0.313. The normalized spacial score (nSPS) is 14.2. The summed E-state index contributed by atoms with van der Waals surface area (Å²) in [4.78, 5) is 13.1. The summed E-state index contributed by atoms with van der Waals surface area (Å²) >= 11 is 0. The van der Waals surface area contributed by atoms with Gasteiger partial charge in [-0.3, -0.25) is 20.1 Å². The van der Waals surface area contributed by atoms with Crippen LogP contribution in [0.15, 0.2) is 90.1 Å². The smallest absolute Gasteiger partial charge is 0.154 e. The van der Waals surface area contributed by atoms with E-state index in [1.54, 1.807) is 30.9 Å². The molecule has 0 unspecified atom stereocenters. The Balaban J connectivity index is 1.53. The van der Waals surface area contributed by atoms with E-state index in [0.29, 0.717) is 29.2 Å². The summed E-state index contributed by atoms with van der Waals surface area (Å²) in [6, 6.07) is 9.08. The molecule has 0 spiro atoms. The fourth-order valence-corrected chi connectivity index (χ4v) is 4.18. The number of fused-ring (bicyclic) bond motifs is 1. The molecule has 5 rings (SSSR count). The summed E-state index contributed by atoms with van der Waals surface area (Å²) < 4.78 is 14.9. The average molecular weight is 451 g/mol. The maximum Gasteiger partial charge on any atom is 0.154 e. The first kappa shape index (κ1) is 21.5. The van der Waals surface area contributed by atoms with Crippen molar-refractivity contribution >= 4 is 22.3 Å². The third-order valence-electron chi connectivity index (χ3n) is 5.96. The molecular formula is C27H23FN6. The molecular weight excluding hydrogens is 427 g/mol. The monoisotopic (exact) mass is 450 g/mol. The van der Waals surface area contributed by atoms with Crippen LogP contribution in [0.25, 0.3) is 27.6 Å². The number of aromatic nitrogens is 4. The van der Waals surface area contributed by atoms with Gasteiger partial charge in [0.25, 0.3) is 0 Å². The lowest BCUT2D eigenvalue weighted by molar-refractivity contribution is 0.632. The zero-order valence-electron chi connectivity index (χ0n) is 18.9. The Hall–Kier alpha value is -4.39. The van der Waals surface area contributed by atoms with Crippen molar-refractivity contribution in [3.63, 3.8) is 0 Å². The first-order chi connectivity index (χ1) is 16.6. The molecule has 7 heteroatoms. The standard InChI is InChI=1S/C27H23FN6/c1-4-5-19(18-7-10-29-11-8-18)23-15-31-27(32-17(23)3)26-21-12-20(22-14-30-9-6-16(22)2)24(28)13-25(21)33-34-26/h4-14H,1,15H2,2-3H3,(H,31,32)(H,33,34)/b19-5-. The largest absolute Gasteiger partial charge is 0.342 e. The van der Waals surface area contributed by atoms with Gasteiger partial charge in [0.2, 0.25) is 0 Å². The van der Waals surface area contributed by atoms with Crippen LogP contribution in [0.1, 0.15) is 23.7 Å². The van der Waals surface area contributed by atoms with Crippen molar-refractivity contribution < 1.29 is 4.39 Å². The summed E-state index contributed by atoms with van der Waals surface area (Å²) in [7, 11) is 0. The van der Waals surface area contributed by atoms with Gasteiger partial charge in [-0.15, -0.1) is 0 Å². The van der Waals surface area contributed by atoms with Gasteiger partial charge in [0, 0.05) is 58.6 Å². The molecule has 0 atom stereocenters. The highest BCUT2D eigenvalue weighted by Crippen LogP contribution is 2.32. The molecule has 0 saturated carbocycles. The zero-order valence-corrected chi connectivity index (χ0v) is 18.9. The van der Waals surface area contributed by atoms with Crippen molar-refractivity contribution in [2.75, 3.05) is 6.54 Å². The number of H-pyrrole nitrogens is 1. The number of halogens is 1. The highest BCUT2D eigenvalue weighted by Gasteiger charge is 2.22. The Morgan fingerprint density at radius 3 is 2.59 bits per heavy atom. The fraction of sp³-hybridized carbons (Fsp3) is 0.111. The van der Waals surface area contributed by atoms with Crippen LogP contribution in [0.5, 0.6) is 0 Å². The molecule has 1 aromatic carbocycles. The minimum Gasteiger partial charge on any atom is -0.342 e. The molecule has 0 saturated heterocycles. The van der Waals surface area contributed by atoms with E-state index in [1.807, 2.05) is 44.2 Å². The van der Waals surface area contributed by atoms with E-state index in [1.165, 1.54) is 6.07 Å². The predicted molar refractivity (Wildman–Crippen MR) is 134 cm³/mol. The van der Waals surface area contributed by atoms with Gasteiger partial charge < -0.3 is 5.32 Å². The zero-order chi connectivity index (χ0) is 23.7. The number of benzene rings is 1. The minimum absolute atomic E-state index is 0.327. The van der Waals surface area contributed by atoms with Gasteiger partial charge >= 0.3 is 0 Å². The van der Waals surface area contributed by atoms with Crippen LogP contribution in [-0.4, -0.2) is 32.5 Å². The topological polar surface area (TPSA) is 78.9 Å². The quantitative estimate of drug-likeness (QED) is 0.401. The molecule has 0 radical (unpaired) electrons. The number of hydrogen-bond acceptors (Lipinski definition) is 5. The van der Waals surface area contributed by atoms with E-state index in [0.717, 1.165) is 38.9 Å². The lowest BCUT2D eigenvalue weighted by Crippen LogP contribution is -2.29. The van der Waals surface area contributed by atoms with Gasteiger partial charge in [-0.25, -0.2) is 4.39 Å². The van der Waals surface area contributed by atoms with E-state index in [2.05, 4.69) is 32.1 Å². The van der Waals surface area contributed by atoms with Gasteiger partial charge in [-0.2, -0.15) is 5.10 Å². The third kappa shape index (κ3) is 3.81. The Labute approximate surface area is 196 Å². The third-order valence-corrected chi connectivity index (χ3v) is 5.96. The summed E-state index contributed by atoms with van der Waals surface area (Å²) in [5, 5.41) is 11.6. The van der Waals surface area contributed by atoms with Crippen molar-refractivity contribution in [3.05, 3.63) is 108 Å². The molecule has 0 amide bonds. The lowest BCUT2D eigenvalue weighted by atomic mass is 9.95. The molecule has 3 aromatic heterocycles. The fourth-order valence-electron chi connectivity index (χ4n) is 4.18. The number of aliphatic imine (C=N–C) groups is 1. The highest BCUT2D eigenvalue weighted by molar-refractivity contribution is 6.10. The van der Waals surface area contributed by atoms with Gasteiger partial charge in [-0.1, -0.05) is 18.7 Å². The second-order valence-corrected chi connectivity index (χ2v) is 8.09. The number of nitrogens with zero attached hydrogens (tertiary/aromatic N) is 4. The van der Waals surface area contributed by atoms with Gasteiger partial charge in [-0.05, 0) is 54.8 Å². The first-order valence-corrected chi connectivity index (χ1v) is 10.9. The van der Waals surface area contributed by atoms with Crippen molar-refractivity contribution in [1.82, 2.24) is 25.5 Å². The second-order valence-electron chi connectivity index (χ2n) is 8.09. The van der Waals surface area contributed by atoms with Crippen LogP contribution >= 0.6 is 0 Å². The van der Waals surface area contributed by atoms with Gasteiger partial charge in [0.1, 0.15) is 11.5 Å². The van der Waals surface area contributed by atoms with Crippen molar-refractivity contribution in [2.24, 2.45) is 4.99 Å². The highest BCUT2D eigenvalue weighted by atomic mass is 19.1. The Morgan fingerprint density at radius 2 is 1.85 bits per heavy atom. The maximum absolute atomic E-state index is 14.9. The number of nitrogens with one attached hydrogen (secondary N) is 2. The molecule has 2 N–H and O–H groups in total. The second kappa shape index (κ2) is 8.86. The van der Waals surface area contributed by atoms with Crippen molar-refractivity contribution in [1.29, 1.82) is 0 Å². The molecule has 0 fully saturated rings. The lowest BCUT2D eigenvalue weighted by Gasteiger charge is -2.21. The predicted octanol–water partition coefficient (Wildman–Crippen LogP) is 5.36. The Bertz CT molecular complexity index is 1490. The van der Waals surface area contributed by atoms with E-state index in [4.69, 9.17) is 4.99 Å². The molecule has 4 heterocycles. The van der Waals surface area contributed by atoms with E-state index in [-0.39, 0.29) is 5.82 Å². The van der Waals surface area contributed by atoms with Crippen LogP contribution < -0.4 is 5.32 Å². The van der Waals surface area contributed by atoms with E-state index in [9.17, 15) is 4.39 Å². The number of aryl methyl sites for hydroxylation is 1. The minimum atomic E-state index is -0.327. The van der Waals surface area contributed by atoms with Gasteiger partial charge in [0.05, 0.1) is 12.1 Å². The molecule has 0 aliphatic carbocycles. The number of pyridine rings is 2. The molecule has 168 valence electrons. The van der Waals surface area contributed by atoms with Crippen LogP contribution in [0.2, 0.25) is 0 Å². The Kier molecular flexibility index (Phi) is 5.59. The number of aromatic amines is 1. The van der Waals surface area contributed by atoms with E-state index < -0.39 is 0 Å². The molecule has 4 aromatic rings. The summed E-state index contributed by atoms with van der Waals surface area (Å²) in [6.45, 7) is 8.29.